The van der Waals surface area contributed by atoms with Gasteiger partial charge < -0.3 is 16.0 Å². The number of nitrogens with one attached hydrogen (secondary N) is 3. The van der Waals surface area contributed by atoms with Crippen LogP contribution in [0.5, 0.6) is 0 Å². The molecule has 0 saturated heterocycles. The van der Waals surface area contributed by atoms with Gasteiger partial charge in [0.15, 0.2) is 0 Å². The molecule has 0 spiro atoms. The average molecular weight is 728 g/mol. The van der Waals surface area contributed by atoms with Crippen molar-refractivity contribution in [1.29, 1.82) is 5.26 Å². The van der Waals surface area contributed by atoms with Gasteiger partial charge in [0.2, 0.25) is 5.91 Å². The maximum absolute atomic E-state index is 13.5. The lowest BCUT2D eigenvalue weighted by atomic mass is 9.72. The summed E-state index contributed by atoms with van der Waals surface area (Å²) in [6.07, 6.45) is 4.44. The van der Waals surface area contributed by atoms with Crippen molar-refractivity contribution in [3.8, 4) is 6.07 Å². The van der Waals surface area contributed by atoms with Crippen LogP contribution in [-0.4, -0.2) is 23.5 Å². The topological polar surface area (TPSA) is 111 Å². The van der Waals surface area contributed by atoms with Gasteiger partial charge in [-0.1, -0.05) is 73.1 Å². The summed E-state index contributed by atoms with van der Waals surface area (Å²) in [5.41, 5.74) is 3.63. The first kappa shape index (κ1) is 34.2. The van der Waals surface area contributed by atoms with Gasteiger partial charge in [-0.2, -0.15) is 5.26 Å². The van der Waals surface area contributed by atoms with E-state index < -0.39 is 11.8 Å². The number of anilines is 2. The van der Waals surface area contributed by atoms with E-state index in [1.54, 1.807) is 48.5 Å². The van der Waals surface area contributed by atoms with Gasteiger partial charge in [-0.05, 0) is 90.3 Å². The Morgan fingerprint density at radius 3 is 2.47 bits per heavy atom. The number of nitriles is 1. The van der Waals surface area contributed by atoms with Gasteiger partial charge >= 0.3 is 0 Å². The van der Waals surface area contributed by atoms with E-state index in [0.717, 1.165) is 39.8 Å². The predicted molar refractivity (Wildman–Crippen MR) is 194 cm³/mol. The number of carbonyl (C=O) groups excluding carboxylic acids is 3. The number of hydrogen-bond donors (Lipinski definition) is 3. The molecule has 3 amide bonds. The second-order valence-electron chi connectivity index (χ2n) is 12.4. The van der Waals surface area contributed by atoms with Gasteiger partial charge in [0.05, 0.1) is 11.3 Å². The molecular formula is C37H35BrN4O3S2. The lowest BCUT2D eigenvalue weighted by Crippen LogP contribution is -2.30. The fourth-order valence-electron chi connectivity index (χ4n) is 5.37. The standard InChI is InChI=1S/C37H35BrN4O3S2/c1-37(2,3)25-14-17-29-30(21-39)36(47-32(29)19-25)42-33(43)22-46-28-11-7-10-27(20-28)40-35(45)31(18-23-12-15-26(38)16-13-23)41-34(44)24-8-5-4-6-9-24/h4-13,15-16,18,20,25H,14,17,19,22H2,1-3H3,(H,40,45)(H,41,44)(H,42,43)/b31-18+. The minimum Gasteiger partial charge on any atom is -0.321 e. The molecule has 5 rings (SSSR count). The number of fused-ring (bicyclic) bond motifs is 1. The molecule has 10 heteroatoms. The molecule has 1 aliphatic rings. The fourth-order valence-corrected chi connectivity index (χ4v) is 7.69. The first-order chi connectivity index (χ1) is 22.5. The maximum Gasteiger partial charge on any atom is 0.272 e. The van der Waals surface area contributed by atoms with Crippen LogP contribution < -0.4 is 16.0 Å². The second kappa shape index (κ2) is 15.2. The van der Waals surface area contributed by atoms with E-state index in [0.29, 0.717) is 27.7 Å². The van der Waals surface area contributed by atoms with Crippen LogP contribution in [0.2, 0.25) is 0 Å². The van der Waals surface area contributed by atoms with E-state index in [2.05, 4.69) is 58.7 Å². The molecule has 0 bridgehead atoms. The third-order valence-electron chi connectivity index (χ3n) is 8.03. The normalized spacial score (nSPS) is 14.4. The number of carbonyl (C=O) groups is 3. The van der Waals surface area contributed by atoms with Crippen LogP contribution in [0.4, 0.5) is 10.7 Å². The molecule has 0 aliphatic heterocycles. The first-order valence-electron chi connectivity index (χ1n) is 15.2. The van der Waals surface area contributed by atoms with Crippen molar-refractivity contribution in [1.82, 2.24) is 5.32 Å². The van der Waals surface area contributed by atoms with E-state index in [-0.39, 0.29) is 22.8 Å². The smallest absolute Gasteiger partial charge is 0.272 e. The van der Waals surface area contributed by atoms with Crippen molar-refractivity contribution in [2.75, 3.05) is 16.4 Å². The zero-order valence-corrected chi connectivity index (χ0v) is 29.6. The van der Waals surface area contributed by atoms with Gasteiger partial charge in [0.25, 0.3) is 11.8 Å². The summed E-state index contributed by atoms with van der Waals surface area (Å²) >= 11 is 6.27. The van der Waals surface area contributed by atoms with Crippen molar-refractivity contribution in [2.45, 2.75) is 44.9 Å². The molecule has 0 fully saturated rings. The Morgan fingerprint density at radius 2 is 1.77 bits per heavy atom. The highest BCUT2D eigenvalue weighted by Gasteiger charge is 2.32. The number of thiophene rings is 1. The van der Waals surface area contributed by atoms with Crippen LogP contribution >= 0.6 is 39.0 Å². The summed E-state index contributed by atoms with van der Waals surface area (Å²) in [5.74, 6) is -0.414. The molecule has 1 heterocycles. The van der Waals surface area contributed by atoms with Gasteiger partial charge in [-0.15, -0.1) is 23.1 Å². The lowest BCUT2D eigenvalue weighted by Gasteiger charge is -2.33. The second-order valence-corrected chi connectivity index (χ2v) is 15.4. The minimum absolute atomic E-state index is 0.0828. The van der Waals surface area contributed by atoms with Crippen LogP contribution in [0.3, 0.4) is 0 Å². The SMILES string of the molecule is CC(C)(C)C1CCc2c(sc(NC(=O)CSc3cccc(NC(=O)/C(=C\c4ccc(Br)cc4)NC(=O)c4ccccc4)c3)c2C#N)C1. The molecule has 1 aliphatic carbocycles. The van der Waals surface area contributed by atoms with Crippen molar-refractivity contribution in [2.24, 2.45) is 11.3 Å². The highest BCUT2D eigenvalue weighted by molar-refractivity contribution is 9.10. The van der Waals surface area contributed by atoms with Crippen molar-refractivity contribution < 1.29 is 14.4 Å². The molecule has 4 aromatic rings. The third kappa shape index (κ3) is 9.01. The van der Waals surface area contributed by atoms with E-state index >= 15 is 0 Å². The van der Waals surface area contributed by atoms with Crippen molar-refractivity contribution >= 4 is 73.5 Å². The molecule has 1 aromatic heterocycles. The van der Waals surface area contributed by atoms with E-state index in [1.807, 2.05) is 36.4 Å². The molecule has 3 aromatic carbocycles. The quantitative estimate of drug-likeness (QED) is 0.118. The van der Waals surface area contributed by atoms with Crippen molar-refractivity contribution in [3.63, 3.8) is 0 Å². The first-order valence-corrected chi connectivity index (χ1v) is 17.8. The van der Waals surface area contributed by atoms with Crippen molar-refractivity contribution in [3.05, 3.63) is 116 Å². The Labute approximate surface area is 292 Å². The Morgan fingerprint density at radius 1 is 1.02 bits per heavy atom. The van der Waals surface area contributed by atoms with Crippen LogP contribution in [0.25, 0.3) is 6.08 Å². The molecule has 47 heavy (non-hydrogen) atoms. The van der Waals surface area contributed by atoms with E-state index in [4.69, 9.17) is 0 Å². The molecule has 0 saturated carbocycles. The molecular weight excluding hydrogens is 692 g/mol. The summed E-state index contributed by atoms with van der Waals surface area (Å²) in [4.78, 5) is 41.4. The number of amides is 3. The van der Waals surface area contributed by atoms with Gasteiger partial charge in [0, 0.05) is 25.5 Å². The zero-order valence-electron chi connectivity index (χ0n) is 26.4. The highest BCUT2D eigenvalue weighted by Crippen LogP contribution is 2.44. The summed E-state index contributed by atoms with van der Waals surface area (Å²) in [6.45, 7) is 6.77. The number of halogens is 1. The number of thioether (sulfide) groups is 1. The Bertz CT molecular complexity index is 1860. The van der Waals surface area contributed by atoms with Crippen LogP contribution in [0, 0.1) is 22.7 Å². The number of benzene rings is 3. The summed E-state index contributed by atoms with van der Waals surface area (Å²) in [6, 6.07) is 25.6. The monoisotopic (exact) mass is 726 g/mol. The van der Waals surface area contributed by atoms with Gasteiger partial charge in [-0.3, -0.25) is 14.4 Å². The minimum atomic E-state index is -0.489. The lowest BCUT2D eigenvalue weighted by molar-refractivity contribution is -0.114. The largest absolute Gasteiger partial charge is 0.321 e. The number of rotatable bonds is 9. The average Bonchev–Trinajstić information content (AvgIpc) is 3.40. The Kier molecular flexibility index (Phi) is 11.0. The number of hydrogen-bond acceptors (Lipinski definition) is 6. The van der Waals surface area contributed by atoms with E-state index in [9.17, 15) is 19.6 Å². The third-order valence-corrected chi connectivity index (χ3v) is 10.7. The summed E-state index contributed by atoms with van der Waals surface area (Å²) in [5, 5.41) is 19.1. The highest BCUT2D eigenvalue weighted by atomic mass is 79.9. The molecule has 240 valence electrons. The van der Waals surface area contributed by atoms with E-state index in [1.165, 1.54) is 28.0 Å². The van der Waals surface area contributed by atoms with Gasteiger partial charge in [-0.25, -0.2) is 0 Å². The Hall–Kier alpha value is -4.17. The molecule has 1 unspecified atom stereocenters. The molecule has 3 N–H and O–H groups in total. The number of nitrogens with zero attached hydrogens (tertiary/aromatic N) is 1. The van der Waals surface area contributed by atoms with Crippen LogP contribution in [-0.2, 0) is 22.4 Å². The Balaban J connectivity index is 1.24. The molecule has 7 nitrogen and oxygen atoms in total. The molecule has 1 atom stereocenters. The summed E-state index contributed by atoms with van der Waals surface area (Å²) in [7, 11) is 0. The predicted octanol–water partition coefficient (Wildman–Crippen LogP) is 8.67. The zero-order chi connectivity index (χ0) is 33.6. The van der Waals surface area contributed by atoms with Crippen LogP contribution in [0.1, 0.15) is 59.1 Å². The summed E-state index contributed by atoms with van der Waals surface area (Å²) < 4.78 is 0.895. The maximum atomic E-state index is 13.5. The fraction of sp³-hybridized carbons (Fsp3) is 0.243. The van der Waals surface area contributed by atoms with Crippen LogP contribution in [0.15, 0.2) is 93.9 Å². The molecule has 0 radical (unpaired) electrons. The van der Waals surface area contributed by atoms with Gasteiger partial charge in [0.1, 0.15) is 16.8 Å².